The molecule has 1 aliphatic heterocycles. The van der Waals surface area contributed by atoms with Crippen LogP contribution in [0.25, 0.3) is 10.6 Å². The lowest BCUT2D eigenvalue weighted by atomic mass is 10.2. The van der Waals surface area contributed by atoms with Gasteiger partial charge in [-0.2, -0.15) is 0 Å². The van der Waals surface area contributed by atoms with Gasteiger partial charge in [-0.1, -0.05) is 17.7 Å². The third-order valence-electron chi connectivity index (χ3n) is 3.12. The third-order valence-corrected chi connectivity index (χ3v) is 4.31. The van der Waals surface area contributed by atoms with Gasteiger partial charge in [-0.3, -0.25) is 0 Å². The highest BCUT2D eigenvalue weighted by molar-refractivity contribution is 7.13. The van der Waals surface area contributed by atoms with Crippen molar-refractivity contribution >= 4 is 22.9 Å². The van der Waals surface area contributed by atoms with Crippen LogP contribution in [-0.4, -0.2) is 11.5 Å². The van der Waals surface area contributed by atoms with Crippen LogP contribution in [-0.2, 0) is 0 Å². The maximum atomic E-state index is 13.8. The van der Waals surface area contributed by atoms with Crippen molar-refractivity contribution < 1.29 is 4.39 Å². The van der Waals surface area contributed by atoms with E-state index in [1.165, 1.54) is 17.4 Å². The fourth-order valence-electron chi connectivity index (χ4n) is 2.20. The van der Waals surface area contributed by atoms with Gasteiger partial charge in [0.25, 0.3) is 0 Å². The minimum Gasteiger partial charge on any atom is -0.309 e. The van der Waals surface area contributed by atoms with E-state index in [9.17, 15) is 4.39 Å². The molecular weight excluding hydrogens is 271 g/mol. The molecule has 0 saturated carbocycles. The number of hydrogen-bond donors (Lipinski definition) is 1. The van der Waals surface area contributed by atoms with Gasteiger partial charge in [-0.25, -0.2) is 9.37 Å². The van der Waals surface area contributed by atoms with Crippen molar-refractivity contribution in [3.05, 3.63) is 40.1 Å². The Labute approximate surface area is 114 Å². The van der Waals surface area contributed by atoms with Gasteiger partial charge in [0.1, 0.15) is 10.8 Å². The smallest absolute Gasteiger partial charge is 0.134 e. The first kappa shape index (κ1) is 12.1. The SMILES string of the molecule is Fc1cccc(Cl)c1-c1nc(C2CCCN2)cs1. The van der Waals surface area contributed by atoms with Crippen LogP contribution in [0.2, 0.25) is 5.02 Å². The molecule has 2 aromatic rings. The Bertz CT molecular complexity index is 544. The predicted octanol–water partition coefficient (Wildman–Crippen LogP) is 4.03. The summed E-state index contributed by atoms with van der Waals surface area (Å²) in [6.07, 6.45) is 2.26. The molecule has 2 heterocycles. The van der Waals surface area contributed by atoms with Crippen molar-refractivity contribution in [3.8, 4) is 10.6 Å². The molecule has 1 aromatic heterocycles. The summed E-state index contributed by atoms with van der Waals surface area (Å²) in [5.74, 6) is -0.317. The Morgan fingerprint density at radius 1 is 1.44 bits per heavy atom. The number of rotatable bonds is 2. The molecule has 94 valence electrons. The molecular formula is C13H12ClFN2S. The van der Waals surface area contributed by atoms with Crippen LogP contribution >= 0.6 is 22.9 Å². The maximum Gasteiger partial charge on any atom is 0.134 e. The van der Waals surface area contributed by atoms with Gasteiger partial charge in [-0.15, -0.1) is 11.3 Å². The summed E-state index contributed by atoms with van der Waals surface area (Å²) in [6, 6.07) is 5.01. The van der Waals surface area contributed by atoms with Crippen LogP contribution in [0.4, 0.5) is 4.39 Å². The van der Waals surface area contributed by atoms with Gasteiger partial charge >= 0.3 is 0 Å². The summed E-state index contributed by atoms with van der Waals surface area (Å²) >= 11 is 7.49. The zero-order valence-electron chi connectivity index (χ0n) is 9.62. The second-order valence-corrected chi connectivity index (χ2v) is 5.59. The summed E-state index contributed by atoms with van der Waals surface area (Å²) in [5.41, 5.74) is 1.40. The van der Waals surface area contributed by atoms with Crippen LogP contribution < -0.4 is 5.32 Å². The second-order valence-electron chi connectivity index (χ2n) is 4.32. The molecule has 0 aliphatic carbocycles. The number of nitrogens with zero attached hydrogens (tertiary/aromatic N) is 1. The Morgan fingerprint density at radius 2 is 2.33 bits per heavy atom. The monoisotopic (exact) mass is 282 g/mol. The Balaban J connectivity index is 1.97. The quantitative estimate of drug-likeness (QED) is 0.900. The molecule has 0 spiro atoms. The highest BCUT2D eigenvalue weighted by atomic mass is 35.5. The van der Waals surface area contributed by atoms with Crippen molar-refractivity contribution in [2.75, 3.05) is 6.54 Å². The zero-order valence-corrected chi connectivity index (χ0v) is 11.2. The lowest BCUT2D eigenvalue weighted by Crippen LogP contribution is -2.12. The molecule has 1 fully saturated rings. The number of aromatic nitrogens is 1. The lowest BCUT2D eigenvalue weighted by Gasteiger charge is -2.05. The second kappa shape index (κ2) is 4.96. The van der Waals surface area contributed by atoms with E-state index in [-0.39, 0.29) is 5.82 Å². The van der Waals surface area contributed by atoms with Gasteiger partial charge in [0.2, 0.25) is 0 Å². The highest BCUT2D eigenvalue weighted by Crippen LogP contribution is 2.34. The number of halogens is 2. The Kier molecular flexibility index (Phi) is 3.33. The van der Waals surface area contributed by atoms with E-state index >= 15 is 0 Å². The van der Waals surface area contributed by atoms with Crippen LogP contribution in [0.1, 0.15) is 24.6 Å². The molecule has 3 rings (SSSR count). The van der Waals surface area contributed by atoms with E-state index in [4.69, 9.17) is 11.6 Å². The van der Waals surface area contributed by atoms with E-state index in [0.717, 1.165) is 25.1 Å². The van der Waals surface area contributed by atoms with Crippen molar-refractivity contribution in [2.45, 2.75) is 18.9 Å². The fourth-order valence-corrected chi connectivity index (χ4v) is 3.44. The van der Waals surface area contributed by atoms with E-state index in [0.29, 0.717) is 21.6 Å². The molecule has 0 amide bonds. The molecule has 1 aliphatic rings. The molecule has 1 aromatic carbocycles. The maximum absolute atomic E-state index is 13.8. The molecule has 2 nitrogen and oxygen atoms in total. The number of thiazole rings is 1. The van der Waals surface area contributed by atoms with Gasteiger partial charge in [0.15, 0.2) is 0 Å². The van der Waals surface area contributed by atoms with Crippen molar-refractivity contribution in [2.24, 2.45) is 0 Å². The third kappa shape index (κ3) is 2.16. The topological polar surface area (TPSA) is 24.9 Å². The molecule has 1 N–H and O–H groups in total. The zero-order chi connectivity index (χ0) is 12.5. The standard InChI is InChI=1S/C13H12ClFN2S/c14-8-3-1-4-9(15)12(8)13-17-11(7-18-13)10-5-2-6-16-10/h1,3-4,7,10,16H,2,5-6H2. The van der Waals surface area contributed by atoms with Crippen LogP contribution in [0.15, 0.2) is 23.6 Å². The summed E-state index contributed by atoms with van der Waals surface area (Å²) < 4.78 is 13.8. The normalized spacial score (nSPS) is 19.3. The molecule has 1 unspecified atom stereocenters. The van der Waals surface area contributed by atoms with Gasteiger partial charge < -0.3 is 5.32 Å². The van der Waals surface area contributed by atoms with E-state index in [1.807, 2.05) is 5.38 Å². The molecule has 1 atom stereocenters. The lowest BCUT2D eigenvalue weighted by molar-refractivity contribution is 0.626. The fraction of sp³-hybridized carbons (Fsp3) is 0.308. The van der Waals surface area contributed by atoms with E-state index in [1.54, 1.807) is 12.1 Å². The summed E-state index contributed by atoms with van der Waals surface area (Å²) in [5, 5.41) is 6.44. The number of nitrogens with one attached hydrogen (secondary N) is 1. The molecule has 18 heavy (non-hydrogen) atoms. The van der Waals surface area contributed by atoms with Crippen LogP contribution in [0.3, 0.4) is 0 Å². The van der Waals surface area contributed by atoms with Crippen molar-refractivity contribution in [1.82, 2.24) is 10.3 Å². The molecule has 1 saturated heterocycles. The highest BCUT2D eigenvalue weighted by Gasteiger charge is 2.20. The predicted molar refractivity (Wildman–Crippen MR) is 72.5 cm³/mol. The van der Waals surface area contributed by atoms with Gasteiger partial charge in [0.05, 0.1) is 22.3 Å². The first-order chi connectivity index (χ1) is 8.75. The summed E-state index contributed by atoms with van der Waals surface area (Å²) in [7, 11) is 0. The van der Waals surface area contributed by atoms with Crippen LogP contribution in [0.5, 0.6) is 0 Å². The largest absolute Gasteiger partial charge is 0.309 e. The number of benzene rings is 1. The Morgan fingerprint density at radius 3 is 3.06 bits per heavy atom. The first-order valence-corrected chi connectivity index (χ1v) is 7.14. The van der Waals surface area contributed by atoms with Gasteiger partial charge in [0, 0.05) is 5.38 Å². The average molecular weight is 283 g/mol. The van der Waals surface area contributed by atoms with E-state index < -0.39 is 0 Å². The Hall–Kier alpha value is -0.970. The average Bonchev–Trinajstić information content (AvgIpc) is 2.99. The van der Waals surface area contributed by atoms with E-state index in [2.05, 4.69) is 10.3 Å². The molecule has 5 heteroatoms. The van der Waals surface area contributed by atoms with Gasteiger partial charge in [-0.05, 0) is 31.5 Å². The minimum absolute atomic E-state index is 0.306. The molecule has 0 radical (unpaired) electrons. The first-order valence-electron chi connectivity index (χ1n) is 5.89. The molecule has 0 bridgehead atoms. The van der Waals surface area contributed by atoms with Crippen LogP contribution in [0, 0.1) is 5.82 Å². The summed E-state index contributed by atoms with van der Waals surface area (Å²) in [6.45, 7) is 1.03. The number of hydrogen-bond acceptors (Lipinski definition) is 3. The van der Waals surface area contributed by atoms with Crippen molar-refractivity contribution in [3.63, 3.8) is 0 Å². The van der Waals surface area contributed by atoms with Crippen molar-refractivity contribution in [1.29, 1.82) is 0 Å². The minimum atomic E-state index is -0.317. The summed E-state index contributed by atoms with van der Waals surface area (Å²) in [4.78, 5) is 4.52.